The zero-order valence-corrected chi connectivity index (χ0v) is 10.6. The molecule has 3 rings (SSSR count). The van der Waals surface area contributed by atoms with Crippen LogP contribution in [0, 0.1) is 5.82 Å². The number of hydrogen-bond acceptors (Lipinski definition) is 2. The van der Waals surface area contributed by atoms with Gasteiger partial charge in [-0.1, -0.05) is 36.4 Å². The van der Waals surface area contributed by atoms with Crippen LogP contribution in [-0.4, -0.2) is 17.3 Å². The Bertz CT molecular complexity index is 711. The van der Waals surface area contributed by atoms with Crippen molar-refractivity contribution in [3.63, 3.8) is 0 Å². The largest absolute Gasteiger partial charge is 0.480 e. The van der Waals surface area contributed by atoms with Gasteiger partial charge in [0.15, 0.2) is 0 Å². The lowest BCUT2D eigenvalue weighted by Gasteiger charge is -2.32. The van der Waals surface area contributed by atoms with Gasteiger partial charge in [-0.2, -0.15) is 0 Å². The predicted octanol–water partition coefficient (Wildman–Crippen LogP) is 3.30. The number of para-hydroxylation sites is 1. The zero-order valence-electron chi connectivity index (χ0n) is 10.6. The minimum Gasteiger partial charge on any atom is -0.480 e. The Kier molecular flexibility index (Phi) is 2.86. The fourth-order valence-electron chi connectivity index (χ4n) is 2.72. The lowest BCUT2D eigenvalue weighted by atomic mass is 9.70. The Morgan fingerprint density at radius 1 is 1.10 bits per heavy atom. The van der Waals surface area contributed by atoms with Gasteiger partial charge in [0.05, 0.1) is 5.69 Å². The highest BCUT2D eigenvalue weighted by Crippen LogP contribution is 2.43. The van der Waals surface area contributed by atoms with Crippen molar-refractivity contribution in [2.45, 2.75) is 11.8 Å². The van der Waals surface area contributed by atoms with Crippen LogP contribution in [-0.2, 0) is 10.2 Å². The van der Waals surface area contributed by atoms with Crippen LogP contribution in [0.2, 0.25) is 0 Å². The molecule has 0 radical (unpaired) electrons. The Labute approximate surface area is 115 Å². The van der Waals surface area contributed by atoms with E-state index in [1.165, 1.54) is 12.1 Å². The van der Waals surface area contributed by atoms with Gasteiger partial charge in [0.25, 0.3) is 0 Å². The number of benzene rings is 2. The van der Waals surface area contributed by atoms with E-state index in [1.54, 1.807) is 42.6 Å². The van der Waals surface area contributed by atoms with E-state index in [4.69, 9.17) is 0 Å². The third-order valence-electron chi connectivity index (χ3n) is 3.69. The average molecular weight is 269 g/mol. The number of hydrogen-bond donors (Lipinski definition) is 1. The second-order valence-corrected chi connectivity index (χ2v) is 4.72. The molecule has 1 atom stereocenters. The molecule has 0 spiro atoms. The average Bonchev–Trinajstić information content (AvgIpc) is 2.47. The Hall–Kier alpha value is -2.49. The predicted molar refractivity (Wildman–Crippen MR) is 74.0 cm³/mol. The highest BCUT2D eigenvalue weighted by Gasteiger charge is 2.46. The van der Waals surface area contributed by atoms with Crippen molar-refractivity contribution in [1.82, 2.24) is 0 Å². The summed E-state index contributed by atoms with van der Waals surface area (Å²) in [5.41, 5.74) is -0.139. The van der Waals surface area contributed by atoms with Gasteiger partial charge in [0.1, 0.15) is 11.2 Å². The zero-order chi connectivity index (χ0) is 14.2. The molecule has 2 aromatic rings. The van der Waals surface area contributed by atoms with Gasteiger partial charge in [-0.3, -0.25) is 9.79 Å². The van der Waals surface area contributed by atoms with E-state index in [2.05, 4.69) is 4.99 Å². The molecule has 1 N–H and O–H groups in total. The van der Waals surface area contributed by atoms with Crippen LogP contribution >= 0.6 is 0 Å². The molecule has 0 aliphatic carbocycles. The first-order valence-corrected chi connectivity index (χ1v) is 6.27. The standard InChI is InChI=1S/C16H12FNO2/c17-13-7-3-1-5-11(13)16(15(19)20)9-10-18-14-8-4-2-6-12(14)16/h1-8,10H,9H2,(H,19,20). The van der Waals surface area contributed by atoms with Crippen LogP contribution in [0.4, 0.5) is 10.1 Å². The summed E-state index contributed by atoms with van der Waals surface area (Å²) in [7, 11) is 0. The summed E-state index contributed by atoms with van der Waals surface area (Å²) in [4.78, 5) is 16.2. The molecule has 1 unspecified atom stereocenters. The molecular formula is C16H12FNO2. The first-order valence-electron chi connectivity index (χ1n) is 6.27. The first kappa shape index (κ1) is 12.5. The van der Waals surface area contributed by atoms with Crippen molar-refractivity contribution in [2.24, 2.45) is 4.99 Å². The van der Waals surface area contributed by atoms with Gasteiger partial charge in [-0.25, -0.2) is 4.39 Å². The van der Waals surface area contributed by atoms with E-state index >= 15 is 0 Å². The summed E-state index contributed by atoms with van der Waals surface area (Å²) >= 11 is 0. The fourth-order valence-corrected chi connectivity index (χ4v) is 2.72. The maximum absolute atomic E-state index is 14.2. The molecule has 20 heavy (non-hydrogen) atoms. The molecule has 1 aliphatic rings. The minimum absolute atomic E-state index is 0.139. The summed E-state index contributed by atoms with van der Waals surface area (Å²) in [5.74, 6) is -1.58. The number of aliphatic carboxylic acids is 1. The number of rotatable bonds is 2. The SMILES string of the molecule is O=C(O)C1(c2ccccc2F)CC=Nc2ccccc21. The van der Waals surface area contributed by atoms with E-state index in [9.17, 15) is 14.3 Å². The molecule has 0 amide bonds. The quantitative estimate of drug-likeness (QED) is 0.909. The molecule has 3 nitrogen and oxygen atoms in total. The molecule has 0 bridgehead atoms. The molecule has 4 heteroatoms. The topological polar surface area (TPSA) is 49.7 Å². The van der Waals surface area contributed by atoms with Crippen LogP contribution in [0.15, 0.2) is 53.5 Å². The van der Waals surface area contributed by atoms with Crippen LogP contribution in [0.3, 0.4) is 0 Å². The molecule has 2 aromatic carbocycles. The first-order chi connectivity index (χ1) is 9.66. The molecule has 100 valence electrons. The van der Waals surface area contributed by atoms with Crippen LogP contribution in [0.5, 0.6) is 0 Å². The van der Waals surface area contributed by atoms with Crippen molar-refractivity contribution in [3.8, 4) is 0 Å². The van der Waals surface area contributed by atoms with Gasteiger partial charge in [-0.05, 0) is 17.7 Å². The molecule has 0 aromatic heterocycles. The van der Waals surface area contributed by atoms with Crippen molar-refractivity contribution in [1.29, 1.82) is 0 Å². The number of carboxylic acids is 1. The van der Waals surface area contributed by atoms with Crippen molar-refractivity contribution >= 4 is 17.9 Å². The van der Waals surface area contributed by atoms with Gasteiger partial charge in [-0.15, -0.1) is 0 Å². The number of aliphatic imine (C=N–C) groups is 1. The molecule has 1 aliphatic heterocycles. The highest BCUT2D eigenvalue weighted by atomic mass is 19.1. The third-order valence-corrected chi connectivity index (χ3v) is 3.69. The van der Waals surface area contributed by atoms with E-state index in [-0.39, 0.29) is 12.0 Å². The smallest absolute Gasteiger partial charge is 0.319 e. The van der Waals surface area contributed by atoms with Gasteiger partial charge in [0.2, 0.25) is 0 Å². The van der Waals surface area contributed by atoms with Crippen LogP contribution < -0.4 is 0 Å². The third kappa shape index (κ3) is 1.65. The van der Waals surface area contributed by atoms with Gasteiger partial charge in [0, 0.05) is 18.2 Å². The molecule has 0 saturated carbocycles. The number of fused-ring (bicyclic) bond motifs is 1. The lowest BCUT2D eigenvalue weighted by Crippen LogP contribution is -2.39. The monoisotopic (exact) mass is 269 g/mol. The number of halogens is 1. The second-order valence-electron chi connectivity index (χ2n) is 4.72. The minimum atomic E-state index is -1.41. The lowest BCUT2D eigenvalue weighted by molar-refractivity contribution is -0.142. The molecule has 0 fully saturated rings. The summed E-state index contributed by atoms with van der Waals surface area (Å²) < 4.78 is 14.2. The van der Waals surface area contributed by atoms with Crippen molar-refractivity contribution in [3.05, 3.63) is 65.5 Å². The summed E-state index contributed by atoms with van der Waals surface area (Å²) in [5, 5.41) is 9.79. The Morgan fingerprint density at radius 2 is 1.75 bits per heavy atom. The summed E-state index contributed by atoms with van der Waals surface area (Å²) in [6, 6.07) is 13.0. The van der Waals surface area contributed by atoms with Crippen molar-refractivity contribution < 1.29 is 14.3 Å². The normalized spacial score (nSPS) is 20.4. The second kappa shape index (κ2) is 4.56. The van der Waals surface area contributed by atoms with Crippen LogP contribution in [0.25, 0.3) is 0 Å². The summed E-state index contributed by atoms with van der Waals surface area (Å²) in [6.07, 6.45) is 1.68. The summed E-state index contributed by atoms with van der Waals surface area (Å²) in [6.45, 7) is 0. The Morgan fingerprint density at radius 3 is 2.45 bits per heavy atom. The van der Waals surface area contributed by atoms with E-state index < -0.39 is 17.2 Å². The maximum Gasteiger partial charge on any atom is 0.319 e. The maximum atomic E-state index is 14.2. The van der Waals surface area contributed by atoms with Crippen molar-refractivity contribution in [2.75, 3.05) is 0 Å². The molecule has 1 heterocycles. The van der Waals surface area contributed by atoms with E-state index in [0.717, 1.165) is 0 Å². The van der Waals surface area contributed by atoms with Gasteiger partial charge < -0.3 is 5.11 Å². The van der Waals surface area contributed by atoms with E-state index in [1.807, 2.05) is 0 Å². The van der Waals surface area contributed by atoms with Crippen LogP contribution in [0.1, 0.15) is 17.5 Å². The number of carbonyl (C=O) groups is 1. The van der Waals surface area contributed by atoms with Gasteiger partial charge >= 0.3 is 5.97 Å². The number of nitrogens with zero attached hydrogens (tertiary/aromatic N) is 1. The Balaban J connectivity index is 2.34. The number of carboxylic acid groups (broad SMARTS) is 1. The fraction of sp³-hybridized carbons (Fsp3) is 0.125. The molecule has 0 saturated heterocycles. The van der Waals surface area contributed by atoms with E-state index in [0.29, 0.717) is 11.3 Å². The highest BCUT2D eigenvalue weighted by molar-refractivity contribution is 5.93. The molecular weight excluding hydrogens is 257 g/mol.